The van der Waals surface area contributed by atoms with Crippen molar-refractivity contribution in [3.8, 4) is 0 Å². The fourth-order valence-electron chi connectivity index (χ4n) is 2.03. The molecule has 2 saturated heterocycles. The summed E-state index contributed by atoms with van der Waals surface area (Å²) in [6.07, 6.45) is 0.352. The van der Waals surface area contributed by atoms with Gasteiger partial charge in [-0.2, -0.15) is 0 Å². The number of fused-ring (bicyclic) bond motifs is 1. The van der Waals surface area contributed by atoms with Crippen LogP contribution in [0.15, 0.2) is 0 Å². The third kappa shape index (κ3) is 1.88. The average molecular weight is 302 g/mol. The Morgan fingerprint density at radius 3 is 2.53 bits per heavy atom. The van der Waals surface area contributed by atoms with E-state index in [4.69, 9.17) is 0 Å². The Morgan fingerprint density at radius 1 is 1.67 bits per heavy atom. The van der Waals surface area contributed by atoms with Crippen LogP contribution < -0.4 is 34.7 Å². The summed E-state index contributed by atoms with van der Waals surface area (Å²) in [5.41, 5.74) is 0. The minimum Gasteiger partial charge on any atom is -0.548 e. The Morgan fingerprint density at radius 2 is 2.20 bits per heavy atom. The second-order valence-electron chi connectivity index (χ2n) is 4.06. The smallest absolute Gasteiger partial charge is 0.548 e. The number of carboxylic acids is 1. The zero-order valence-corrected chi connectivity index (χ0v) is 13.1. The summed E-state index contributed by atoms with van der Waals surface area (Å²) in [4.78, 5) is 23.6. The molecule has 2 aliphatic heterocycles. The van der Waals surface area contributed by atoms with Gasteiger partial charge in [-0.25, -0.2) is 0 Å². The fraction of sp³-hybridized carbons (Fsp3) is 0.750. The van der Waals surface area contributed by atoms with Crippen LogP contribution in [0.5, 0.6) is 0 Å². The molecule has 0 radical (unpaired) electrons. The zero-order valence-electron chi connectivity index (χ0n) is 8.74. The van der Waals surface area contributed by atoms with E-state index in [0.29, 0.717) is 6.42 Å². The van der Waals surface area contributed by atoms with Gasteiger partial charge in [-0.1, -0.05) is 0 Å². The van der Waals surface area contributed by atoms with Crippen molar-refractivity contribution in [3.63, 3.8) is 0 Å². The number of hydrogen-bond donors (Lipinski definition) is 0. The number of aliphatic carboxylic acids is 1. The van der Waals surface area contributed by atoms with Gasteiger partial charge in [-0.3, -0.25) is 4.79 Å². The van der Waals surface area contributed by atoms with Crippen LogP contribution in [0.25, 0.3) is 0 Å². The van der Waals surface area contributed by atoms with E-state index in [1.165, 1.54) is 16.7 Å². The van der Waals surface area contributed by atoms with Gasteiger partial charge in [0.25, 0.3) is 0 Å². The molecule has 4 nitrogen and oxygen atoms in total. The number of carbonyl (C=O) groups excluding carboxylic acids is 2. The number of carbonyl (C=O) groups is 2. The van der Waals surface area contributed by atoms with E-state index in [1.807, 2.05) is 13.8 Å². The largest absolute Gasteiger partial charge is 1.00 e. The van der Waals surface area contributed by atoms with Crippen LogP contribution in [0.2, 0.25) is 0 Å². The summed E-state index contributed by atoms with van der Waals surface area (Å²) in [6, 6.07) is -0.840. The Labute approximate surface area is 123 Å². The van der Waals surface area contributed by atoms with Crippen LogP contribution in [0, 0.1) is 0 Å². The molecule has 0 N–H and O–H groups in total. The first kappa shape index (κ1) is 13.8. The van der Waals surface area contributed by atoms with Crippen LogP contribution in [0.4, 0.5) is 0 Å². The summed E-state index contributed by atoms with van der Waals surface area (Å²) in [6.45, 7) is 3.62. The molecule has 1 unspecified atom stereocenters. The number of alkyl halides is 1. The van der Waals surface area contributed by atoms with Crippen molar-refractivity contribution in [2.45, 2.75) is 34.8 Å². The Balaban J connectivity index is 0.00000112. The van der Waals surface area contributed by atoms with Gasteiger partial charge in [0.05, 0.1) is 18.4 Å². The topological polar surface area (TPSA) is 60.4 Å². The molecular weight excluding hydrogens is 293 g/mol. The third-order valence-corrected chi connectivity index (χ3v) is 5.11. The molecule has 1 amide bonds. The van der Waals surface area contributed by atoms with Crippen molar-refractivity contribution in [2.24, 2.45) is 0 Å². The number of rotatable bonds is 1. The summed E-state index contributed by atoms with van der Waals surface area (Å²) in [5.74, 6) is -1.31. The van der Waals surface area contributed by atoms with Crippen LogP contribution in [0.1, 0.15) is 20.3 Å². The van der Waals surface area contributed by atoms with E-state index in [1.54, 1.807) is 0 Å². The molecule has 2 aliphatic rings. The van der Waals surface area contributed by atoms with Crippen LogP contribution in [-0.4, -0.2) is 31.3 Å². The second-order valence-corrected chi connectivity index (χ2v) is 7.83. The molecule has 0 aromatic heterocycles. The molecule has 0 aromatic rings. The Hall–Kier alpha value is 0.770. The fourth-order valence-corrected chi connectivity index (χ4v) is 5.55. The number of carboxylic acid groups (broad SMARTS) is 1. The van der Waals surface area contributed by atoms with Gasteiger partial charge in [-0.05, 0) is 29.8 Å². The van der Waals surface area contributed by atoms with Gasteiger partial charge < -0.3 is 14.8 Å². The van der Waals surface area contributed by atoms with E-state index >= 15 is 0 Å². The van der Waals surface area contributed by atoms with Gasteiger partial charge in [0.2, 0.25) is 5.91 Å². The standard InChI is InChI=1S/C8H10BrNO3S.Na/c1-7(2)5(6(12)13)10-4(11)3-8(10,9)14-7;/h5H,3H2,1-2H3,(H,12,13);/q;+1/p-1/t5-,8?;/m0./s1. The van der Waals surface area contributed by atoms with Crippen molar-refractivity contribution in [2.75, 3.05) is 0 Å². The maximum Gasteiger partial charge on any atom is 1.00 e. The molecule has 0 aliphatic carbocycles. The summed E-state index contributed by atoms with van der Waals surface area (Å²) in [5, 5.41) is 11.0. The van der Waals surface area contributed by atoms with E-state index < -0.39 is 20.5 Å². The second kappa shape index (κ2) is 3.91. The molecule has 0 bridgehead atoms. The number of hydrogen-bond acceptors (Lipinski definition) is 4. The molecule has 0 saturated carbocycles. The predicted molar refractivity (Wildman–Crippen MR) is 53.6 cm³/mol. The normalized spacial score (nSPS) is 36.6. The van der Waals surface area contributed by atoms with Gasteiger partial charge in [0, 0.05) is 4.75 Å². The van der Waals surface area contributed by atoms with Crippen LogP contribution in [0.3, 0.4) is 0 Å². The van der Waals surface area contributed by atoms with Crippen LogP contribution >= 0.6 is 27.7 Å². The molecule has 78 valence electrons. The summed E-state index contributed by atoms with van der Waals surface area (Å²) in [7, 11) is 0. The van der Waals surface area contributed by atoms with Gasteiger partial charge >= 0.3 is 29.6 Å². The number of β-lactam (4-membered cyclic amide) rings is 1. The van der Waals surface area contributed by atoms with Gasteiger partial charge in [-0.15, -0.1) is 11.8 Å². The van der Waals surface area contributed by atoms with Crippen molar-refractivity contribution in [1.82, 2.24) is 4.90 Å². The summed E-state index contributed by atoms with van der Waals surface area (Å²) >= 11 is 4.86. The number of thioether (sulfide) groups is 1. The maximum absolute atomic E-state index is 11.3. The molecule has 7 heteroatoms. The first-order chi connectivity index (χ1) is 6.28. The van der Waals surface area contributed by atoms with E-state index in [2.05, 4.69) is 15.9 Å². The van der Waals surface area contributed by atoms with Crippen LogP contribution in [-0.2, 0) is 9.59 Å². The molecule has 0 aromatic carbocycles. The maximum atomic E-state index is 11.3. The molecular formula is C8H9BrNNaO3S. The van der Waals surface area contributed by atoms with Crippen molar-refractivity contribution >= 4 is 39.6 Å². The first-order valence-corrected chi connectivity index (χ1v) is 5.81. The summed E-state index contributed by atoms with van der Waals surface area (Å²) < 4.78 is -1.02. The molecule has 15 heavy (non-hydrogen) atoms. The number of nitrogens with zero attached hydrogens (tertiary/aromatic N) is 1. The predicted octanol–water partition coefficient (Wildman–Crippen LogP) is -3.08. The molecule has 0 spiro atoms. The van der Waals surface area contributed by atoms with E-state index in [-0.39, 0.29) is 35.5 Å². The Bertz CT molecular complexity index is 338. The average Bonchev–Trinajstić information content (AvgIpc) is 2.13. The van der Waals surface area contributed by atoms with E-state index in [9.17, 15) is 14.7 Å². The third-order valence-electron chi connectivity index (χ3n) is 2.56. The minimum atomic E-state index is -1.18. The van der Waals surface area contributed by atoms with Crippen molar-refractivity contribution < 1.29 is 44.3 Å². The van der Waals surface area contributed by atoms with Crippen molar-refractivity contribution in [1.29, 1.82) is 0 Å². The number of amides is 1. The monoisotopic (exact) mass is 301 g/mol. The molecule has 2 fully saturated rings. The zero-order chi connectivity index (χ0) is 10.7. The van der Waals surface area contributed by atoms with E-state index in [0.717, 1.165) is 0 Å². The quantitative estimate of drug-likeness (QED) is 0.223. The first-order valence-electron chi connectivity index (χ1n) is 4.20. The molecule has 2 atom stereocenters. The Kier molecular flexibility index (Phi) is 3.60. The van der Waals surface area contributed by atoms with Gasteiger partial charge in [0.1, 0.15) is 0 Å². The molecule has 2 rings (SSSR count). The molecule has 2 heterocycles. The van der Waals surface area contributed by atoms with Crippen molar-refractivity contribution in [3.05, 3.63) is 0 Å². The number of halogens is 1. The van der Waals surface area contributed by atoms with Gasteiger partial charge in [0.15, 0.2) is 3.78 Å². The minimum absolute atomic E-state index is 0. The SMILES string of the molecule is CC1(C)SC2(Br)CC(=O)N2[C@H]1C(=O)[O-].[Na+].